The maximum absolute atomic E-state index is 12.3. The van der Waals surface area contributed by atoms with Crippen LogP contribution in [0.2, 0.25) is 0 Å². The fraction of sp³-hybridized carbons (Fsp3) is 0.227. The largest absolute Gasteiger partial charge is 0.369 e. The van der Waals surface area contributed by atoms with Crippen molar-refractivity contribution in [2.45, 2.75) is 19.3 Å². The van der Waals surface area contributed by atoms with E-state index in [9.17, 15) is 4.79 Å². The van der Waals surface area contributed by atoms with E-state index in [1.165, 1.54) is 0 Å². The number of benzene rings is 2. The van der Waals surface area contributed by atoms with Gasteiger partial charge in [0.15, 0.2) is 0 Å². The van der Waals surface area contributed by atoms with Crippen LogP contribution in [0.1, 0.15) is 18.4 Å². The first-order chi connectivity index (χ1) is 14.6. The smallest absolute Gasteiger partial charge is 0.229 e. The number of anilines is 4. The summed E-state index contributed by atoms with van der Waals surface area (Å²) in [4.78, 5) is 21.1. The minimum absolute atomic E-state index is 0.0257. The first kappa shape index (κ1) is 21.7. The zero-order valence-electron chi connectivity index (χ0n) is 16.6. The van der Waals surface area contributed by atoms with E-state index in [1.807, 2.05) is 54.6 Å². The number of carbonyl (C=O) groups excluding carboxylic acids is 1. The molecular formula is C22H25BrN6O. The zero-order chi connectivity index (χ0) is 21.2. The molecule has 0 saturated heterocycles. The van der Waals surface area contributed by atoms with Gasteiger partial charge in [-0.1, -0.05) is 36.4 Å². The first-order valence-electron chi connectivity index (χ1n) is 9.81. The summed E-state index contributed by atoms with van der Waals surface area (Å²) in [7, 11) is 0. The third kappa shape index (κ3) is 6.82. The lowest BCUT2D eigenvalue weighted by Gasteiger charge is -2.11. The van der Waals surface area contributed by atoms with Crippen LogP contribution in [-0.2, 0) is 11.2 Å². The van der Waals surface area contributed by atoms with Crippen molar-refractivity contribution in [3.63, 3.8) is 0 Å². The minimum Gasteiger partial charge on any atom is -0.369 e. The number of halogens is 1. The second-order valence-corrected chi connectivity index (χ2v) is 7.55. The van der Waals surface area contributed by atoms with Crippen LogP contribution in [0.25, 0.3) is 0 Å². The summed E-state index contributed by atoms with van der Waals surface area (Å²) < 4.78 is 0.782. The van der Waals surface area contributed by atoms with E-state index in [1.54, 1.807) is 6.20 Å². The Morgan fingerprint density at radius 2 is 1.87 bits per heavy atom. The van der Waals surface area contributed by atoms with Crippen molar-refractivity contribution in [2.75, 3.05) is 29.0 Å². The SMILES string of the molecule is NCCCNc1nc(Nc2cccc(NC(=O)CCc3ccccc3)c2)ncc1Br. The summed E-state index contributed by atoms with van der Waals surface area (Å²) in [5.41, 5.74) is 8.18. The molecule has 0 aliphatic carbocycles. The molecular weight excluding hydrogens is 444 g/mol. The predicted molar refractivity (Wildman–Crippen MR) is 125 cm³/mol. The molecule has 0 aliphatic heterocycles. The molecule has 0 atom stereocenters. The summed E-state index contributed by atoms with van der Waals surface area (Å²) in [5, 5.41) is 9.35. The Labute approximate surface area is 184 Å². The molecule has 2 aromatic carbocycles. The van der Waals surface area contributed by atoms with Crippen molar-refractivity contribution in [3.8, 4) is 0 Å². The number of nitrogens with zero attached hydrogens (tertiary/aromatic N) is 2. The monoisotopic (exact) mass is 468 g/mol. The molecule has 1 heterocycles. The van der Waals surface area contributed by atoms with Crippen LogP contribution in [-0.4, -0.2) is 29.0 Å². The molecule has 0 spiro atoms. The minimum atomic E-state index is -0.0257. The summed E-state index contributed by atoms with van der Waals surface area (Å²) in [6.07, 6.45) is 3.67. The van der Waals surface area contributed by atoms with E-state index < -0.39 is 0 Å². The van der Waals surface area contributed by atoms with Gasteiger partial charge in [-0.05, 0) is 59.1 Å². The number of nitrogens with two attached hydrogens (primary N) is 1. The summed E-state index contributed by atoms with van der Waals surface area (Å²) >= 11 is 3.44. The van der Waals surface area contributed by atoms with Crippen molar-refractivity contribution in [1.29, 1.82) is 0 Å². The highest BCUT2D eigenvalue weighted by atomic mass is 79.9. The van der Waals surface area contributed by atoms with Gasteiger partial charge in [-0.15, -0.1) is 0 Å². The van der Waals surface area contributed by atoms with Crippen molar-refractivity contribution in [1.82, 2.24) is 9.97 Å². The van der Waals surface area contributed by atoms with Gasteiger partial charge in [0, 0.05) is 30.5 Å². The van der Waals surface area contributed by atoms with Crippen LogP contribution in [0.5, 0.6) is 0 Å². The zero-order valence-corrected chi connectivity index (χ0v) is 18.2. The molecule has 1 amide bonds. The van der Waals surface area contributed by atoms with Crippen molar-refractivity contribution in [2.24, 2.45) is 5.73 Å². The normalized spacial score (nSPS) is 10.5. The van der Waals surface area contributed by atoms with Crippen LogP contribution in [0.3, 0.4) is 0 Å². The van der Waals surface area contributed by atoms with Gasteiger partial charge >= 0.3 is 0 Å². The molecule has 0 fully saturated rings. The van der Waals surface area contributed by atoms with Gasteiger partial charge in [-0.25, -0.2) is 4.98 Å². The highest BCUT2D eigenvalue weighted by Gasteiger charge is 2.07. The number of amides is 1. The molecule has 156 valence electrons. The van der Waals surface area contributed by atoms with E-state index >= 15 is 0 Å². The molecule has 5 N–H and O–H groups in total. The van der Waals surface area contributed by atoms with Gasteiger partial charge < -0.3 is 21.7 Å². The summed E-state index contributed by atoms with van der Waals surface area (Å²) in [6.45, 7) is 1.35. The lowest BCUT2D eigenvalue weighted by molar-refractivity contribution is -0.116. The lowest BCUT2D eigenvalue weighted by Crippen LogP contribution is -2.12. The van der Waals surface area contributed by atoms with Crippen LogP contribution in [0, 0.1) is 0 Å². The van der Waals surface area contributed by atoms with Crippen molar-refractivity contribution < 1.29 is 4.79 Å². The van der Waals surface area contributed by atoms with Crippen LogP contribution >= 0.6 is 15.9 Å². The molecule has 0 aliphatic rings. The Kier molecular flexibility index (Phi) is 8.17. The molecule has 0 saturated carbocycles. The Morgan fingerprint density at radius 3 is 2.67 bits per heavy atom. The number of carbonyl (C=O) groups is 1. The maximum Gasteiger partial charge on any atom is 0.229 e. The standard InChI is InChI=1S/C22H25BrN6O/c23-19-15-26-22(29-21(19)25-13-5-12-24)28-18-9-4-8-17(14-18)27-20(30)11-10-16-6-2-1-3-7-16/h1-4,6-9,14-15H,5,10-13,24H2,(H,27,30)(H2,25,26,28,29). The Balaban J connectivity index is 1.58. The third-order valence-electron chi connectivity index (χ3n) is 4.30. The molecule has 3 rings (SSSR count). The molecule has 0 bridgehead atoms. The molecule has 30 heavy (non-hydrogen) atoms. The van der Waals surface area contributed by atoms with Crippen LogP contribution < -0.4 is 21.7 Å². The van der Waals surface area contributed by atoms with Gasteiger partial charge in [0.1, 0.15) is 5.82 Å². The molecule has 3 aromatic rings. The molecule has 8 heteroatoms. The van der Waals surface area contributed by atoms with Gasteiger partial charge in [-0.2, -0.15) is 4.98 Å². The maximum atomic E-state index is 12.3. The van der Waals surface area contributed by atoms with Gasteiger partial charge in [0.2, 0.25) is 11.9 Å². The summed E-state index contributed by atoms with van der Waals surface area (Å²) in [5.74, 6) is 1.13. The van der Waals surface area contributed by atoms with Gasteiger partial charge in [-0.3, -0.25) is 4.79 Å². The molecule has 0 unspecified atom stereocenters. The highest BCUT2D eigenvalue weighted by molar-refractivity contribution is 9.10. The van der Waals surface area contributed by atoms with E-state index in [0.29, 0.717) is 31.2 Å². The second-order valence-electron chi connectivity index (χ2n) is 6.70. The highest BCUT2D eigenvalue weighted by Crippen LogP contribution is 2.23. The number of aromatic nitrogens is 2. The van der Waals surface area contributed by atoms with E-state index in [2.05, 4.69) is 41.8 Å². The topological polar surface area (TPSA) is 105 Å². The number of hydrogen-bond donors (Lipinski definition) is 4. The van der Waals surface area contributed by atoms with E-state index in [0.717, 1.165) is 34.4 Å². The predicted octanol–water partition coefficient (Wildman–Crippen LogP) is 4.31. The number of aryl methyl sites for hydroxylation is 1. The number of hydrogen-bond acceptors (Lipinski definition) is 6. The lowest BCUT2D eigenvalue weighted by atomic mass is 10.1. The first-order valence-corrected chi connectivity index (χ1v) is 10.6. The second kappa shape index (κ2) is 11.3. The third-order valence-corrected chi connectivity index (χ3v) is 4.88. The Bertz CT molecular complexity index is 967. The van der Waals surface area contributed by atoms with E-state index in [-0.39, 0.29) is 5.91 Å². The molecule has 1 aromatic heterocycles. The van der Waals surface area contributed by atoms with Crippen LogP contribution in [0.15, 0.2) is 65.3 Å². The van der Waals surface area contributed by atoms with Crippen LogP contribution in [0.4, 0.5) is 23.1 Å². The fourth-order valence-corrected chi connectivity index (χ4v) is 3.12. The average Bonchev–Trinajstić information content (AvgIpc) is 2.76. The van der Waals surface area contributed by atoms with Crippen molar-refractivity contribution in [3.05, 3.63) is 70.8 Å². The van der Waals surface area contributed by atoms with Gasteiger partial charge in [0.25, 0.3) is 0 Å². The van der Waals surface area contributed by atoms with E-state index in [4.69, 9.17) is 5.73 Å². The van der Waals surface area contributed by atoms with Crippen molar-refractivity contribution >= 4 is 45.0 Å². The Morgan fingerprint density at radius 1 is 1.07 bits per heavy atom. The Hall–Kier alpha value is -2.97. The average molecular weight is 469 g/mol. The number of nitrogens with one attached hydrogen (secondary N) is 3. The van der Waals surface area contributed by atoms with Gasteiger partial charge in [0.05, 0.1) is 4.47 Å². The molecule has 7 nitrogen and oxygen atoms in total. The summed E-state index contributed by atoms with van der Waals surface area (Å²) in [6, 6.07) is 17.4. The fourth-order valence-electron chi connectivity index (χ4n) is 2.79. The molecule has 0 radical (unpaired) electrons. The quantitative estimate of drug-likeness (QED) is 0.330. The number of rotatable bonds is 10.